The Hall–Kier alpha value is -3.55. The van der Waals surface area contributed by atoms with Crippen molar-refractivity contribution >= 4 is 29.1 Å². The van der Waals surface area contributed by atoms with E-state index in [1.54, 1.807) is 30.3 Å². The van der Waals surface area contributed by atoms with Crippen LogP contribution in [0.4, 0.5) is 11.4 Å². The normalized spacial score (nSPS) is 14.2. The molecule has 1 aliphatic heterocycles. The summed E-state index contributed by atoms with van der Waals surface area (Å²) in [6.07, 6.45) is 1.84. The van der Waals surface area contributed by atoms with E-state index in [0.717, 1.165) is 18.4 Å². The van der Waals surface area contributed by atoms with Gasteiger partial charge in [-0.3, -0.25) is 14.4 Å². The van der Waals surface area contributed by atoms with Gasteiger partial charge in [-0.1, -0.05) is 6.07 Å². The smallest absolute Gasteiger partial charge is 0.251 e. The summed E-state index contributed by atoms with van der Waals surface area (Å²) in [5.74, 6) is 0.433. The number of benzene rings is 2. The Kier molecular flexibility index (Phi) is 5.07. The topological polar surface area (TPSA) is 106 Å². The van der Waals surface area contributed by atoms with Gasteiger partial charge in [-0.15, -0.1) is 0 Å². The monoisotopic (exact) mass is 395 g/mol. The number of anilines is 2. The molecule has 0 atom stereocenters. The Morgan fingerprint density at radius 3 is 2.59 bits per heavy atom. The molecule has 8 nitrogen and oxygen atoms in total. The molecule has 3 N–H and O–H groups in total. The summed E-state index contributed by atoms with van der Waals surface area (Å²) in [5, 5.41) is 8.20. The number of ether oxygens (including phenoxy) is 2. The molecule has 0 bridgehead atoms. The van der Waals surface area contributed by atoms with Gasteiger partial charge in [0.25, 0.3) is 5.91 Å². The predicted molar refractivity (Wildman–Crippen MR) is 106 cm³/mol. The standard InChI is InChI=1S/C21H21N3O5/c1-12-2-6-15(23-21(27)13-3-4-13)9-16(12)24-19(25)10-22-20(26)14-5-7-17-18(8-14)29-11-28-17/h2,5-9,13H,3-4,10-11H2,1H3,(H,22,26)(H,23,27)(H,24,25). The summed E-state index contributed by atoms with van der Waals surface area (Å²) in [7, 11) is 0. The van der Waals surface area contributed by atoms with Gasteiger partial charge in [-0.25, -0.2) is 0 Å². The van der Waals surface area contributed by atoms with Gasteiger partial charge >= 0.3 is 0 Å². The van der Waals surface area contributed by atoms with Crippen molar-refractivity contribution in [3.05, 3.63) is 47.5 Å². The lowest BCUT2D eigenvalue weighted by molar-refractivity contribution is -0.117. The van der Waals surface area contributed by atoms with Crippen molar-refractivity contribution in [2.45, 2.75) is 19.8 Å². The zero-order chi connectivity index (χ0) is 20.4. The number of nitrogens with one attached hydrogen (secondary N) is 3. The summed E-state index contributed by atoms with van der Waals surface area (Å²) in [5.41, 5.74) is 2.45. The minimum Gasteiger partial charge on any atom is -0.454 e. The van der Waals surface area contributed by atoms with Gasteiger partial charge in [0.2, 0.25) is 18.6 Å². The zero-order valence-electron chi connectivity index (χ0n) is 15.9. The Bertz CT molecular complexity index is 984. The van der Waals surface area contributed by atoms with Crippen LogP contribution < -0.4 is 25.4 Å². The molecule has 8 heteroatoms. The third-order valence-corrected chi connectivity index (χ3v) is 4.77. The van der Waals surface area contributed by atoms with Crippen LogP contribution in [0.5, 0.6) is 11.5 Å². The van der Waals surface area contributed by atoms with Crippen molar-refractivity contribution in [1.29, 1.82) is 0 Å². The van der Waals surface area contributed by atoms with Crippen molar-refractivity contribution in [2.75, 3.05) is 24.0 Å². The molecule has 29 heavy (non-hydrogen) atoms. The predicted octanol–water partition coefficient (Wildman–Crippen LogP) is 2.44. The average molecular weight is 395 g/mol. The van der Waals surface area contributed by atoms with E-state index in [0.29, 0.717) is 28.4 Å². The highest BCUT2D eigenvalue weighted by atomic mass is 16.7. The third kappa shape index (κ3) is 4.48. The summed E-state index contributed by atoms with van der Waals surface area (Å²) in [4.78, 5) is 36.5. The fourth-order valence-electron chi connectivity index (χ4n) is 2.92. The van der Waals surface area contributed by atoms with E-state index in [2.05, 4.69) is 16.0 Å². The molecule has 0 aromatic heterocycles. The molecular formula is C21H21N3O5. The summed E-state index contributed by atoms with van der Waals surface area (Å²) in [6, 6.07) is 10.2. The van der Waals surface area contributed by atoms with Crippen molar-refractivity contribution in [2.24, 2.45) is 5.92 Å². The van der Waals surface area contributed by atoms with E-state index in [9.17, 15) is 14.4 Å². The van der Waals surface area contributed by atoms with E-state index in [1.165, 1.54) is 0 Å². The molecule has 2 aromatic carbocycles. The van der Waals surface area contributed by atoms with Crippen LogP contribution in [0.1, 0.15) is 28.8 Å². The van der Waals surface area contributed by atoms with E-state index in [1.807, 2.05) is 13.0 Å². The molecule has 3 amide bonds. The number of amides is 3. The first-order valence-corrected chi connectivity index (χ1v) is 9.39. The molecule has 1 fully saturated rings. The number of carbonyl (C=O) groups excluding carboxylic acids is 3. The number of aryl methyl sites for hydroxylation is 1. The van der Waals surface area contributed by atoms with E-state index >= 15 is 0 Å². The molecule has 2 aliphatic rings. The van der Waals surface area contributed by atoms with Gasteiger partial charge in [0, 0.05) is 22.9 Å². The van der Waals surface area contributed by atoms with Gasteiger partial charge in [0.15, 0.2) is 11.5 Å². The van der Waals surface area contributed by atoms with Gasteiger partial charge in [0.1, 0.15) is 0 Å². The highest BCUT2D eigenvalue weighted by Gasteiger charge is 2.29. The van der Waals surface area contributed by atoms with Gasteiger partial charge in [-0.05, 0) is 55.7 Å². The van der Waals surface area contributed by atoms with Crippen LogP contribution in [0, 0.1) is 12.8 Å². The van der Waals surface area contributed by atoms with Gasteiger partial charge < -0.3 is 25.4 Å². The van der Waals surface area contributed by atoms with Gasteiger partial charge in [-0.2, -0.15) is 0 Å². The Morgan fingerprint density at radius 2 is 1.79 bits per heavy atom. The molecule has 4 rings (SSSR count). The second kappa shape index (κ2) is 7.83. The number of hydrogen-bond acceptors (Lipinski definition) is 5. The highest BCUT2D eigenvalue weighted by Crippen LogP contribution is 2.32. The number of carbonyl (C=O) groups is 3. The van der Waals surface area contributed by atoms with E-state index in [4.69, 9.17) is 9.47 Å². The minimum absolute atomic E-state index is 0.00196. The quantitative estimate of drug-likeness (QED) is 0.697. The number of fused-ring (bicyclic) bond motifs is 1. The maximum absolute atomic E-state index is 12.3. The molecule has 1 heterocycles. The molecule has 1 aliphatic carbocycles. The highest BCUT2D eigenvalue weighted by molar-refractivity contribution is 6.00. The van der Waals surface area contributed by atoms with Crippen LogP contribution in [0.2, 0.25) is 0 Å². The lowest BCUT2D eigenvalue weighted by Crippen LogP contribution is -2.33. The second-order valence-corrected chi connectivity index (χ2v) is 7.09. The molecule has 0 saturated heterocycles. The Morgan fingerprint density at radius 1 is 1.00 bits per heavy atom. The summed E-state index contributed by atoms with van der Waals surface area (Å²) >= 11 is 0. The molecule has 0 radical (unpaired) electrons. The molecule has 150 valence electrons. The van der Waals surface area contributed by atoms with E-state index in [-0.39, 0.29) is 37.0 Å². The lowest BCUT2D eigenvalue weighted by Gasteiger charge is -2.12. The zero-order valence-corrected chi connectivity index (χ0v) is 15.9. The van der Waals surface area contributed by atoms with Gasteiger partial charge in [0.05, 0.1) is 6.54 Å². The SMILES string of the molecule is Cc1ccc(NC(=O)C2CC2)cc1NC(=O)CNC(=O)c1ccc2c(c1)OCO2. The molecule has 0 spiro atoms. The van der Waals surface area contributed by atoms with Crippen LogP contribution in [0.3, 0.4) is 0 Å². The van der Waals surface area contributed by atoms with Crippen molar-refractivity contribution < 1.29 is 23.9 Å². The fourth-order valence-corrected chi connectivity index (χ4v) is 2.92. The van der Waals surface area contributed by atoms with Crippen molar-refractivity contribution in [1.82, 2.24) is 5.32 Å². The van der Waals surface area contributed by atoms with Crippen molar-refractivity contribution in [3.63, 3.8) is 0 Å². The minimum atomic E-state index is -0.388. The maximum Gasteiger partial charge on any atom is 0.251 e. The number of rotatable bonds is 6. The van der Waals surface area contributed by atoms with E-state index < -0.39 is 0 Å². The first-order chi connectivity index (χ1) is 14.0. The molecule has 0 unspecified atom stereocenters. The third-order valence-electron chi connectivity index (χ3n) is 4.77. The summed E-state index contributed by atoms with van der Waals surface area (Å²) in [6.45, 7) is 1.79. The summed E-state index contributed by atoms with van der Waals surface area (Å²) < 4.78 is 10.5. The number of hydrogen-bond donors (Lipinski definition) is 3. The lowest BCUT2D eigenvalue weighted by atomic mass is 10.1. The van der Waals surface area contributed by atoms with Crippen molar-refractivity contribution in [3.8, 4) is 11.5 Å². The first kappa shape index (κ1) is 18.8. The fraction of sp³-hybridized carbons (Fsp3) is 0.286. The Labute approximate surface area is 167 Å². The maximum atomic E-state index is 12.3. The van der Waals surface area contributed by atoms with Crippen LogP contribution >= 0.6 is 0 Å². The van der Waals surface area contributed by atoms with Crippen LogP contribution in [-0.2, 0) is 9.59 Å². The average Bonchev–Trinajstić information content (AvgIpc) is 3.46. The molecule has 1 saturated carbocycles. The first-order valence-electron chi connectivity index (χ1n) is 9.39. The Balaban J connectivity index is 1.33. The molecular weight excluding hydrogens is 374 g/mol. The second-order valence-electron chi connectivity index (χ2n) is 7.09. The van der Waals surface area contributed by atoms with Crippen LogP contribution in [0.25, 0.3) is 0 Å². The van der Waals surface area contributed by atoms with Crippen LogP contribution in [-0.4, -0.2) is 31.1 Å². The largest absolute Gasteiger partial charge is 0.454 e. The van der Waals surface area contributed by atoms with Crippen LogP contribution in [0.15, 0.2) is 36.4 Å². The molecule has 2 aromatic rings.